The van der Waals surface area contributed by atoms with Crippen molar-refractivity contribution in [2.24, 2.45) is 0 Å². The summed E-state index contributed by atoms with van der Waals surface area (Å²) in [4.78, 5) is 12.7. The molecule has 0 radical (unpaired) electrons. The molecular formula is C20H20ClN3O3S. The highest BCUT2D eigenvalue weighted by atomic mass is 35.5. The fourth-order valence-corrected chi connectivity index (χ4v) is 4.96. The van der Waals surface area contributed by atoms with Gasteiger partial charge in [-0.1, -0.05) is 29.8 Å². The smallest absolute Gasteiger partial charge is 0.244 e. The Labute approximate surface area is 169 Å². The van der Waals surface area contributed by atoms with Crippen molar-refractivity contribution in [3.8, 4) is 6.07 Å². The number of carbonyl (C=O) groups excluding carboxylic acids is 1. The molecule has 0 aliphatic carbocycles. The minimum absolute atomic E-state index is 0.0587. The molecule has 0 bridgehead atoms. The molecule has 1 fully saturated rings. The highest BCUT2D eigenvalue weighted by molar-refractivity contribution is 7.89. The van der Waals surface area contributed by atoms with Gasteiger partial charge in [0.15, 0.2) is 0 Å². The monoisotopic (exact) mass is 417 g/mol. The van der Waals surface area contributed by atoms with Crippen LogP contribution >= 0.6 is 11.6 Å². The van der Waals surface area contributed by atoms with Gasteiger partial charge in [-0.05, 0) is 55.2 Å². The summed E-state index contributed by atoms with van der Waals surface area (Å²) >= 11 is 5.90. The van der Waals surface area contributed by atoms with Crippen LogP contribution in [0.3, 0.4) is 0 Å². The SMILES string of the molecule is N#Cc1ccccc1CN(C1CCCCNC1=O)S(=O)(=O)c1ccc(Cl)cc1. The molecule has 1 saturated heterocycles. The van der Waals surface area contributed by atoms with E-state index in [-0.39, 0.29) is 17.3 Å². The van der Waals surface area contributed by atoms with Crippen molar-refractivity contribution >= 4 is 27.5 Å². The molecule has 1 heterocycles. The summed E-state index contributed by atoms with van der Waals surface area (Å²) in [6, 6.07) is 13.9. The van der Waals surface area contributed by atoms with Gasteiger partial charge in [-0.15, -0.1) is 0 Å². The van der Waals surface area contributed by atoms with E-state index in [1.54, 1.807) is 24.3 Å². The molecular weight excluding hydrogens is 398 g/mol. The number of nitriles is 1. The Morgan fingerprint density at radius 3 is 2.57 bits per heavy atom. The van der Waals surface area contributed by atoms with E-state index in [1.807, 2.05) is 0 Å². The van der Waals surface area contributed by atoms with Gasteiger partial charge in [0.2, 0.25) is 15.9 Å². The minimum Gasteiger partial charge on any atom is -0.355 e. The number of carbonyl (C=O) groups is 1. The quantitative estimate of drug-likeness (QED) is 0.809. The highest BCUT2D eigenvalue weighted by Crippen LogP contribution is 2.26. The first kappa shape index (κ1) is 20.3. The maximum atomic E-state index is 13.4. The van der Waals surface area contributed by atoms with E-state index >= 15 is 0 Å². The second-order valence-corrected chi connectivity index (χ2v) is 8.90. The van der Waals surface area contributed by atoms with Gasteiger partial charge < -0.3 is 5.32 Å². The molecule has 2 aromatic carbocycles. The van der Waals surface area contributed by atoms with Crippen LogP contribution in [-0.2, 0) is 21.4 Å². The molecule has 1 aliphatic rings. The summed E-state index contributed by atoms with van der Waals surface area (Å²) in [5.74, 6) is -0.315. The third-order valence-electron chi connectivity index (χ3n) is 4.74. The number of halogens is 1. The van der Waals surface area contributed by atoms with Crippen LogP contribution in [0, 0.1) is 11.3 Å². The molecule has 3 rings (SSSR count). The number of nitrogens with one attached hydrogen (secondary N) is 1. The zero-order valence-electron chi connectivity index (χ0n) is 15.1. The summed E-state index contributed by atoms with van der Waals surface area (Å²) in [5.41, 5.74) is 0.937. The maximum absolute atomic E-state index is 13.4. The molecule has 1 amide bonds. The van der Waals surface area contributed by atoms with Crippen molar-refractivity contribution in [3.05, 3.63) is 64.7 Å². The summed E-state index contributed by atoms with van der Waals surface area (Å²) in [5, 5.41) is 12.6. The molecule has 6 nitrogen and oxygen atoms in total. The van der Waals surface area contributed by atoms with Gasteiger partial charge in [-0.25, -0.2) is 8.42 Å². The first-order valence-corrected chi connectivity index (χ1v) is 10.8. The number of rotatable bonds is 5. The van der Waals surface area contributed by atoms with Gasteiger partial charge in [0.25, 0.3) is 0 Å². The van der Waals surface area contributed by atoms with Crippen LogP contribution in [0.4, 0.5) is 0 Å². The lowest BCUT2D eigenvalue weighted by molar-refractivity contribution is -0.124. The van der Waals surface area contributed by atoms with Crippen molar-refractivity contribution in [2.75, 3.05) is 6.54 Å². The third-order valence-corrected chi connectivity index (χ3v) is 6.86. The topological polar surface area (TPSA) is 90.3 Å². The van der Waals surface area contributed by atoms with E-state index in [2.05, 4.69) is 11.4 Å². The van der Waals surface area contributed by atoms with Gasteiger partial charge in [0, 0.05) is 18.1 Å². The molecule has 0 aromatic heterocycles. The average molecular weight is 418 g/mol. The molecule has 1 aliphatic heterocycles. The first-order chi connectivity index (χ1) is 13.4. The number of nitrogens with zero attached hydrogens (tertiary/aromatic N) is 2. The van der Waals surface area contributed by atoms with Crippen molar-refractivity contribution < 1.29 is 13.2 Å². The van der Waals surface area contributed by atoms with Gasteiger partial charge in [0.1, 0.15) is 6.04 Å². The van der Waals surface area contributed by atoms with Crippen molar-refractivity contribution in [1.82, 2.24) is 9.62 Å². The Kier molecular flexibility index (Phi) is 6.35. The lowest BCUT2D eigenvalue weighted by Crippen LogP contribution is -2.48. The molecule has 146 valence electrons. The first-order valence-electron chi connectivity index (χ1n) is 8.96. The van der Waals surface area contributed by atoms with E-state index in [0.717, 1.165) is 12.8 Å². The van der Waals surface area contributed by atoms with E-state index < -0.39 is 16.1 Å². The maximum Gasteiger partial charge on any atom is 0.244 e. The molecule has 0 spiro atoms. The molecule has 2 aromatic rings. The van der Waals surface area contributed by atoms with Crippen LogP contribution in [-0.4, -0.2) is 31.2 Å². The second-order valence-electron chi connectivity index (χ2n) is 6.58. The molecule has 1 atom stereocenters. The molecule has 0 saturated carbocycles. The van der Waals surface area contributed by atoms with Crippen molar-refractivity contribution in [3.63, 3.8) is 0 Å². The van der Waals surface area contributed by atoms with Crippen LogP contribution in [0.5, 0.6) is 0 Å². The summed E-state index contributed by atoms with van der Waals surface area (Å²) < 4.78 is 28.1. The number of hydrogen-bond acceptors (Lipinski definition) is 4. The second kappa shape index (κ2) is 8.74. The lowest BCUT2D eigenvalue weighted by atomic mass is 10.1. The molecule has 28 heavy (non-hydrogen) atoms. The number of hydrogen-bond donors (Lipinski definition) is 1. The predicted molar refractivity (Wildman–Crippen MR) is 106 cm³/mol. The number of amides is 1. The van der Waals surface area contributed by atoms with Crippen LogP contribution in [0.15, 0.2) is 53.4 Å². The van der Waals surface area contributed by atoms with Crippen LogP contribution < -0.4 is 5.32 Å². The van der Waals surface area contributed by atoms with Crippen LogP contribution in [0.2, 0.25) is 5.02 Å². The Morgan fingerprint density at radius 2 is 1.86 bits per heavy atom. The number of sulfonamides is 1. The van der Waals surface area contributed by atoms with Crippen LogP contribution in [0.25, 0.3) is 0 Å². The number of benzene rings is 2. The molecule has 8 heteroatoms. The fraction of sp³-hybridized carbons (Fsp3) is 0.300. The van der Waals surface area contributed by atoms with Crippen molar-refractivity contribution in [2.45, 2.75) is 36.7 Å². The van der Waals surface area contributed by atoms with E-state index in [4.69, 9.17) is 11.6 Å². The average Bonchev–Trinajstić information content (AvgIpc) is 2.91. The highest BCUT2D eigenvalue weighted by Gasteiger charge is 2.36. The molecule has 1 unspecified atom stereocenters. The Hall–Kier alpha value is -2.40. The van der Waals surface area contributed by atoms with E-state index in [0.29, 0.717) is 29.1 Å². The zero-order valence-corrected chi connectivity index (χ0v) is 16.7. The van der Waals surface area contributed by atoms with Gasteiger partial charge in [-0.3, -0.25) is 4.79 Å². The van der Waals surface area contributed by atoms with Crippen molar-refractivity contribution in [1.29, 1.82) is 5.26 Å². The summed E-state index contributed by atoms with van der Waals surface area (Å²) in [6.45, 7) is 0.464. The Balaban J connectivity index is 2.07. The fourth-order valence-electron chi connectivity index (χ4n) is 3.24. The van der Waals surface area contributed by atoms with Crippen LogP contribution in [0.1, 0.15) is 30.4 Å². The summed E-state index contributed by atoms with van der Waals surface area (Å²) in [7, 11) is -3.99. The predicted octanol–water partition coefficient (Wildman–Crippen LogP) is 3.07. The van der Waals surface area contributed by atoms with E-state index in [1.165, 1.54) is 28.6 Å². The Bertz CT molecular complexity index is 1000. The van der Waals surface area contributed by atoms with Gasteiger partial charge in [0.05, 0.1) is 16.5 Å². The Morgan fingerprint density at radius 1 is 1.14 bits per heavy atom. The van der Waals surface area contributed by atoms with Gasteiger partial charge >= 0.3 is 0 Å². The summed E-state index contributed by atoms with van der Waals surface area (Å²) in [6.07, 6.45) is 1.95. The normalized spacial score (nSPS) is 17.6. The zero-order chi connectivity index (χ0) is 20.1. The third kappa shape index (κ3) is 4.36. The minimum atomic E-state index is -3.99. The van der Waals surface area contributed by atoms with Gasteiger partial charge in [-0.2, -0.15) is 9.57 Å². The standard InChI is InChI=1S/C20H20ClN3O3S/c21-17-8-10-18(11-9-17)28(26,27)24(19-7-3-4-12-23-20(19)25)14-16-6-2-1-5-15(16)13-22/h1-2,5-6,8-11,19H,3-4,7,12,14H2,(H,23,25). The van der Waals surface area contributed by atoms with E-state index in [9.17, 15) is 18.5 Å². The largest absolute Gasteiger partial charge is 0.355 e. The lowest BCUT2D eigenvalue weighted by Gasteiger charge is -2.29. The molecule has 1 N–H and O–H groups in total.